The van der Waals surface area contributed by atoms with E-state index in [0.29, 0.717) is 17.8 Å². The molecule has 5 N–H and O–H groups in total. The van der Waals surface area contributed by atoms with Crippen molar-refractivity contribution in [1.29, 1.82) is 0 Å². The van der Waals surface area contributed by atoms with E-state index in [4.69, 9.17) is 5.11 Å². The standard InChI is InChI=1S/C25H25N5O5/c31-22(30-21(13-23(32)33)19-9-5-11-26-15-19)16-27-24(34)18-8-4-10-20(12-18)29-25(35)28-14-17-6-2-1-3-7-17/h1-12,15,21H,13-14,16H2,(H,27,34)(H,30,31)(H,32,33)(H2,28,29,35)/t21-/m0/s1. The third kappa shape index (κ3) is 8.28. The molecule has 0 unspecified atom stereocenters. The van der Waals surface area contributed by atoms with Crippen LogP contribution in [0.2, 0.25) is 0 Å². The van der Waals surface area contributed by atoms with Crippen LogP contribution in [0.3, 0.4) is 0 Å². The molecule has 1 atom stereocenters. The summed E-state index contributed by atoms with van der Waals surface area (Å²) in [6.45, 7) is -0.00564. The molecule has 3 aromatic rings. The fourth-order valence-electron chi connectivity index (χ4n) is 3.21. The molecular weight excluding hydrogens is 450 g/mol. The number of pyridine rings is 1. The number of aliphatic carboxylic acids is 1. The topological polar surface area (TPSA) is 150 Å². The second-order valence-electron chi connectivity index (χ2n) is 7.56. The maximum Gasteiger partial charge on any atom is 0.319 e. The van der Waals surface area contributed by atoms with E-state index in [1.54, 1.807) is 36.5 Å². The molecular formula is C25H25N5O5. The molecule has 0 bridgehead atoms. The molecule has 180 valence electrons. The fourth-order valence-corrected chi connectivity index (χ4v) is 3.21. The highest BCUT2D eigenvalue weighted by molar-refractivity contribution is 5.98. The van der Waals surface area contributed by atoms with Crippen molar-refractivity contribution in [2.45, 2.75) is 19.0 Å². The van der Waals surface area contributed by atoms with Gasteiger partial charge in [-0.1, -0.05) is 42.5 Å². The van der Waals surface area contributed by atoms with Crippen molar-refractivity contribution < 1.29 is 24.3 Å². The first-order chi connectivity index (χ1) is 16.9. The van der Waals surface area contributed by atoms with Crippen LogP contribution >= 0.6 is 0 Å². The predicted octanol–water partition coefficient (Wildman–Crippen LogP) is 2.47. The molecule has 3 rings (SSSR count). The van der Waals surface area contributed by atoms with Gasteiger partial charge >= 0.3 is 12.0 Å². The van der Waals surface area contributed by atoms with Crippen molar-refractivity contribution in [3.05, 3.63) is 95.8 Å². The Labute approximate surface area is 201 Å². The fraction of sp³-hybridized carbons (Fsp3) is 0.160. The van der Waals surface area contributed by atoms with Gasteiger partial charge in [0.1, 0.15) is 0 Å². The van der Waals surface area contributed by atoms with Crippen LogP contribution in [-0.2, 0) is 16.1 Å². The van der Waals surface area contributed by atoms with Gasteiger partial charge in [-0.15, -0.1) is 0 Å². The number of anilines is 1. The summed E-state index contributed by atoms with van der Waals surface area (Å²) in [7, 11) is 0. The molecule has 10 nitrogen and oxygen atoms in total. The first kappa shape index (κ1) is 24.9. The number of hydrogen-bond acceptors (Lipinski definition) is 5. The smallest absolute Gasteiger partial charge is 0.319 e. The number of hydrogen-bond donors (Lipinski definition) is 5. The predicted molar refractivity (Wildman–Crippen MR) is 128 cm³/mol. The van der Waals surface area contributed by atoms with Crippen molar-refractivity contribution in [2.75, 3.05) is 11.9 Å². The Hall–Kier alpha value is -4.73. The second kappa shape index (κ2) is 12.5. The van der Waals surface area contributed by atoms with Gasteiger partial charge in [0.15, 0.2) is 0 Å². The molecule has 0 aliphatic carbocycles. The lowest BCUT2D eigenvalue weighted by molar-refractivity contribution is -0.137. The summed E-state index contributed by atoms with van der Waals surface area (Å²) in [5, 5.41) is 19.6. The molecule has 10 heteroatoms. The van der Waals surface area contributed by atoms with Gasteiger partial charge in [-0.2, -0.15) is 0 Å². The molecule has 0 aliphatic heterocycles. The average Bonchev–Trinajstić information content (AvgIpc) is 2.86. The first-order valence-electron chi connectivity index (χ1n) is 10.8. The van der Waals surface area contributed by atoms with Gasteiger partial charge in [-0.3, -0.25) is 19.4 Å². The van der Waals surface area contributed by atoms with Crippen molar-refractivity contribution in [1.82, 2.24) is 20.9 Å². The van der Waals surface area contributed by atoms with E-state index >= 15 is 0 Å². The molecule has 0 saturated heterocycles. The lowest BCUT2D eigenvalue weighted by Crippen LogP contribution is -2.39. The molecule has 35 heavy (non-hydrogen) atoms. The third-order valence-corrected chi connectivity index (χ3v) is 4.89. The van der Waals surface area contributed by atoms with Crippen molar-refractivity contribution in [2.24, 2.45) is 0 Å². The summed E-state index contributed by atoms with van der Waals surface area (Å²) >= 11 is 0. The quantitative estimate of drug-likeness (QED) is 0.304. The minimum atomic E-state index is -1.08. The summed E-state index contributed by atoms with van der Waals surface area (Å²) < 4.78 is 0. The minimum absolute atomic E-state index is 0.244. The number of carbonyl (C=O) groups is 4. The van der Waals surface area contributed by atoms with Crippen LogP contribution in [0.25, 0.3) is 0 Å². The van der Waals surface area contributed by atoms with E-state index in [2.05, 4.69) is 26.3 Å². The Balaban J connectivity index is 1.51. The summed E-state index contributed by atoms with van der Waals surface area (Å²) in [5.74, 6) is -2.16. The largest absolute Gasteiger partial charge is 0.481 e. The van der Waals surface area contributed by atoms with E-state index in [1.807, 2.05) is 30.3 Å². The number of carboxylic acids is 1. The minimum Gasteiger partial charge on any atom is -0.481 e. The summed E-state index contributed by atoms with van der Waals surface area (Å²) in [6, 6.07) is 17.8. The van der Waals surface area contributed by atoms with Gasteiger partial charge < -0.3 is 26.4 Å². The highest BCUT2D eigenvalue weighted by atomic mass is 16.4. The number of urea groups is 1. The lowest BCUT2D eigenvalue weighted by atomic mass is 10.1. The van der Waals surface area contributed by atoms with Crippen LogP contribution in [0.15, 0.2) is 79.1 Å². The van der Waals surface area contributed by atoms with Gasteiger partial charge in [0.2, 0.25) is 5.91 Å². The van der Waals surface area contributed by atoms with Gasteiger partial charge in [-0.25, -0.2) is 4.79 Å². The molecule has 1 aromatic heterocycles. The Kier molecular flexibility index (Phi) is 8.89. The number of nitrogens with zero attached hydrogens (tertiary/aromatic N) is 1. The molecule has 0 aliphatic rings. The highest BCUT2D eigenvalue weighted by Gasteiger charge is 2.19. The maximum atomic E-state index is 12.5. The van der Waals surface area contributed by atoms with E-state index in [0.717, 1.165) is 5.56 Å². The number of benzene rings is 2. The zero-order valence-corrected chi connectivity index (χ0v) is 18.7. The van der Waals surface area contributed by atoms with E-state index in [9.17, 15) is 19.2 Å². The number of amides is 4. The Bertz CT molecular complexity index is 1170. The number of nitrogens with one attached hydrogen (secondary N) is 4. The van der Waals surface area contributed by atoms with Crippen molar-refractivity contribution in [3.63, 3.8) is 0 Å². The normalized spacial score (nSPS) is 11.1. The first-order valence-corrected chi connectivity index (χ1v) is 10.8. The molecule has 0 saturated carbocycles. The maximum absolute atomic E-state index is 12.5. The molecule has 0 fully saturated rings. The van der Waals surface area contributed by atoms with Crippen LogP contribution in [0.1, 0.15) is 33.9 Å². The third-order valence-electron chi connectivity index (χ3n) is 4.89. The van der Waals surface area contributed by atoms with Crippen molar-refractivity contribution >= 4 is 29.5 Å². The van der Waals surface area contributed by atoms with Gasteiger partial charge in [0.25, 0.3) is 5.91 Å². The second-order valence-corrected chi connectivity index (χ2v) is 7.56. The van der Waals surface area contributed by atoms with Crippen LogP contribution in [0.4, 0.5) is 10.5 Å². The summed E-state index contributed by atoms with van der Waals surface area (Å²) in [6.07, 6.45) is 2.69. The summed E-state index contributed by atoms with van der Waals surface area (Å²) in [5.41, 5.74) is 2.14. The molecule has 1 heterocycles. The Morgan fingerprint density at radius 2 is 1.71 bits per heavy atom. The molecule has 0 radical (unpaired) electrons. The van der Waals surface area contributed by atoms with E-state index in [-0.39, 0.29) is 18.5 Å². The average molecular weight is 476 g/mol. The van der Waals surface area contributed by atoms with E-state index < -0.39 is 29.9 Å². The number of carboxylic acid groups (broad SMARTS) is 1. The SMILES string of the molecule is O=C(O)C[C@H](NC(=O)CNC(=O)c1cccc(NC(=O)NCc2ccccc2)c1)c1cccnc1. The van der Waals surface area contributed by atoms with Crippen LogP contribution in [-0.4, -0.2) is 40.5 Å². The van der Waals surface area contributed by atoms with E-state index in [1.165, 1.54) is 12.3 Å². The van der Waals surface area contributed by atoms with Crippen LogP contribution in [0, 0.1) is 0 Å². The highest BCUT2D eigenvalue weighted by Crippen LogP contribution is 2.15. The molecule has 0 spiro atoms. The van der Waals surface area contributed by atoms with Gasteiger partial charge in [0.05, 0.1) is 19.0 Å². The van der Waals surface area contributed by atoms with Crippen LogP contribution < -0.4 is 21.3 Å². The van der Waals surface area contributed by atoms with Crippen LogP contribution in [0.5, 0.6) is 0 Å². The number of rotatable bonds is 10. The zero-order chi connectivity index (χ0) is 25.0. The Morgan fingerprint density at radius 3 is 2.43 bits per heavy atom. The number of aromatic nitrogens is 1. The lowest BCUT2D eigenvalue weighted by Gasteiger charge is -2.17. The summed E-state index contributed by atoms with van der Waals surface area (Å²) in [4.78, 5) is 52.1. The van der Waals surface area contributed by atoms with Gasteiger partial charge in [-0.05, 0) is 35.4 Å². The van der Waals surface area contributed by atoms with Gasteiger partial charge in [0, 0.05) is 30.2 Å². The molecule has 2 aromatic carbocycles. The number of carbonyl (C=O) groups excluding carboxylic acids is 3. The van der Waals surface area contributed by atoms with Crippen molar-refractivity contribution in [3.8, 4) is 0 Å². The molecule has 4 amide bonds. The zero-order valence-electron chi connectivity index (χ0n) is 18.7. The Morgan fingerprint density at radius 1 is 0.914 bits per heavy atom. The monoisotopic (exact) mass is 475 g/mol.